The number of alkyl carbamates (subject to hydrolysis) is 1. The van der Waals surface area contributed by atoms with Crippen LogP contribution in [0.5, 0.6) is 0 Å². The molecule has 3 rings (SSSR count). The molecule has 0 bridgehead atoms. The lowest BCUT2D eigenvalue weighted by Gasteiger charge is -2.36. The molecular weight excluding hydrogens is 455 g/mol. The molecule has 2 unspecified atom stereocenters. The number of rotatable bonds is 4. The van der Waals surface area contributed by atoms with Crippen molar-refractivity contribution in [2.24, 2.45) is 5.41 Å². The fraction of sp³-hybridized carbons (Fsp3) is 0.565. The predicted octanol–water partition coefficient (Wildman–Crippen LogP) is 3.39. The van der Waals surface area contributed by atoms with Crippen LogP contribution in [0.3, 0.4) is 0 Å². The third-order valence-electron chi connectivity index (χ3n) is 5.70. The van der Waals surface area contributed by atoms with E-state index >= 15 is 0 Å². The molecule has 0 aromatic carbocycles. The number of carbonyl (C=O) groups excluding carboxylic acids is 3. The van der Waals surface area contributed by atoms with Crippen molar-refractivity contribution in [3.05, 3.63) is 41.2 Å². The molecule has 0 saturated heterocycles. The number of esters is 1. The first-order chi connectivity index (χ1) is 15.7. The Morgan fingerprint density at radius 1 is 1.26 bits per heavy atom. The Labute approximate surface area is 195 Å². The van der Waals surface area contributed by atoms with Gasteiger partial charge in [0.25, 0.3) is 0 Å². The fourth-order valence-corrected chi connectivity index (χ4v) is 4.15. The second kappa shape index (κ2) is 9.27. The summed E-state index contributed by atoms with van der Waals surface area (Å²) in [5.74, 6) is -1.04. The van der Waals surface area contributed by atoms with E-state index in [1.807, 2.05) is 0 Å². The van der Waals surface area contributed by atoms with Gasteiger partial charge in [0.05, 0.1) is 30.6 Å². The summed E-state index contributed by atoms with van der Waals surface area (Å²) in [7, 11) is 1.21. The van der Waals surface area contributed by atoms with Gasteiger partial charge in [-0.2, -0.15) is 13.2 Å². The minimum atomic E-state index is -4.55. The number of hydrogen-bond donors (Lipinski definition) is 1. The van der Waals surface area contributed by atoms with Gasteiger partial charge in [0.2, 0.25) is 5.91 Å². The summed E-state index contributed by atoms with van der Waals surface area (Å²) >= 11 is 0. The smallest absolute Gasteiger partial charge is 0.417 e. The maximum Gasteiger partial charge on any atom is 0.417 e. The fourth-order valence-electron chi connectivity index (χ4n) is 4.15. The molecule has 0 fully saturated rings. The number of ether oxygens (including phenoxy) is 2. The Bertz CT molecular complexity index is 1000. The van der Waals surface area contributed by atoms with E-state index in [2.05, 4.69) is 10.3 Å². The van der Waals surface area contributed by atoms with E-state index in [1.165, 1.54) is 12.0 Å². The average molecular weight is 483 g/mol. The number of alkyl halides is 3. The Kier molecular flexibility index (Phi) is 6.95. The Hall–Kier alpha value is -3.11. The topological polar surface area (TPSA) is 97.8 Å². The molecule has 11 heteroatoms. The zero-order valence-electron chi connectivity index (χ0n) is 19.5. The second-order valence-corrected chi connectivity index (χ2v) is 9.53. The van der Waals surface area contributed by atoms with Gasteiger partial charge in [0.15, 0.2) is 0 Å². The molecule has 0 saturated carbocycles. The zero-order chi connectivity index (χ0) is 25.3. The van der Waals surface area contributed by atoms with Gasteiger partial charge in [-0.05, 0) is 38.8 Å². The zero-order valence-corrected chi connectivity index (χ0v) is 19.5. The van der Waals surface area contributed by atoms with Gasteiger partial charge < -0.3 is 19.7 Å². The molecule has 34 heavy (non-hydrogen) atoms. The molecule has 2 amide bonds. The first kappa shape index (κ1) is 25.5. The molecule has 2 atom stereocenters. The van der Waals surface area contributed by atoms with Crippen LogP contribution in [0, 0.1) is 5.41 Å². The van der Waals surface area contributed by atoms with Crippen LogP contribution in [0.4, 0.5) is 18.0 Å². The van der Waals surface area contributed by atoms with E-state index in [0.29, 0.717) is 11.3 Å². The second-order valence-electron chi connectivity index (χ2n) is 9.53. The Morgan fingerprint density at radius 2 is 1.97 bits per heavy atom. The van der Waals surface area contributed by atoms with E-state index in [4.69, 9.17) is 9.47 Å². The van der Waals surface area contributed by atoms with E-state index in [1.54, 1.807) is 32.9 Å². The van der Waals surface area contributed by atoms with Gasteiger partial charge in [-0.25, -0.2) is 4.79 Å². The first-order valence-corrected chi connectivity index (χ1v) is 10.8. The first-order valence-electron chi connectivity index (χ1n) is 10.8. The Morgan fingerprint density at radius 3 is 2.59 bits per heavy atom. The number of halogens is 3. The van der Waals surface area contributed by atoms with Gasteiger partial charge in [-0.3, -0.25) is 14.6 Å². The number of hydrogen-bond acceptors (Lipinski definition) is 6. The number of aromatic nitrogens is 1. The van der Waals surface area contributed by atoms with Crippen molar-refractivity contribution >= 4 is 18.0 Å². The molecular formula is C23H28F3N3O5. The lowest BCUT2D eigenvalue weighted by molar-refractivity contribution is -0.151. The van der Waals surface area contributed by atoms with E-state index in [9.17, 15) is 27.6 Å². The largest absolute Gasteiger partial charge is 0.469 e. The van der Waals surface area contributed by atoms with Crippen LogP contribution in [-0.4, -0.2) is 53.2 Å². The van der Waals surface area contributed by atoms with E-state index in [-0.39, 0.29) is 32.4 Å². The quantitative estimate of drug-likeness (QED) is 0.521. The highest BCUT2D eigenvalue weighted by atomic mass is 19.4. The third kappa shape index (κ3) is 5.87. The summed E-state index contributed by atoms with van der Waals surface area (Å²) in [4.78, 5) is 43.3. The molecule has 0 spiro atoms. The molecule has 0 radical (unpaired) electrons. The van der Waals surface area contributed by atoms with Gasteiger partial charge in [0.1, 0.15) is 5.60 Å². The highest BCUT2D eigenvalue weighted by molar-refractivity contribution is 5.90. The van der Waals surface area contributed by atoms with Crippen molar-refractivity contribution in [1.82, 2.24) is 15.2 Å². The van der Waals surface area contributed by atoms with Gasteiger partial charge >= 0.3 is 18.2 Å². The molecule has 1 aromatic heterocycles. The van der Waals surface area contributed by atoms with Crippen LogP contribution >= 0.6 is 0 Å². The highest BCUT2D eigenvalue weighted by Crippen LogP contribution is 2.40. The molecule has 186 valence electrons. The van der Waals surface area contributed by atoms with Crippen molar-refractivity contribution in [3.8, 4) is 0 Å². The number of pyridine rings is 1. The van der Waals surface area contributed by atoms with Crippen molar-refractivity contribution in [1.29, 1.82) is 0 Å². The number of nitrogens with one attached hydrogen (secondary N) is 1. The van der Waals surface area contributed by atoms with Gasteiger partial charge in [-0.15, -0.1) is 0 Å². The molecule has 1 aromatic rings. The molecule has 2 aliphatic rings. The molecule has 1 aliphatic heterocycles. The number of methoxy groups -OCH3 is 1. The van der Waals surface area contributed by atoms with Crippen molar-refractivity contribution in [2.45, 2.75) is 64.4 Å². The van der Waals surface area contributed by atoms with Crippen LogP contribution in [0.1, 0.15) is 50.4 Å². The van der Waals surface area contributed by atoms with Crippen molar-refractivity contribution < 1.29 is 37.0 Å². The number of carbonyl (C=O) groups is 3. The monoisotopic (exact) mass is 483 g/mol. The average Bonchev–Trinajstić information content (AvgIpc) is 3.13. The lowest BCUT2D eigenvalue weighted by Crippen LogP contribution is -2.47. The van der Waals surface area contributed by atoms with Crippen LogP contribution in [0.25, 0.3) is 0 Å². The van der Waals surface area contributed by atoms with Crippen molar-refractivity contribution in [2.75, 3.05) is 13.7 Å². The maximum atomic E-state index is 13.6. The number of nitrogens with zero attached hydrogens (tertiary/aromatic N) is 2. The van der Waals surface area contributed by atoms with Crippen LogP contribution in [0.2, 0.25) is 0 Å². The number of amides is 2. The molecule has 1 aliphatic carbocycles. The van der Waals surface area contributed by atoms with Gasteiger partial charge in [0, 0.05) is 31.4 Å². The molecule has 8 nitrogen and oxygen atoms in total. The minimum absolute atomic E-state index is 0.0635. The summed E-state index contributed by atoms with van der Waals surface area (Å²) in [6, 6.07) is 0.436. The van der Waals surface area contributed by atoms with Crippen LogP contribution < -0.4 is 5.32 Å². The van der Waals surface area contributed by atoms with Gasteiger partial charge in [-0.1, -0.05) is 12.2 Å². The normalized spacial score (nSPS) is 22.2. The van der Waals surface area contributed by atoms with E-state index in [0.717, 1.165) is 12.3 Å². The SMILES string of the molecule is COC(=O)CC1(C(=O)N2CCc3ncc(C(F)(F)F)cc3C2)C=CC(NC(=O)OC(C)(C)C)C1. The molecule has 1 N–H and O–H groups in total. The predicted molar refractivity (Wildman–Crippen MR) is 114 cm³/mol. The van der Waals surface area contributed by atoms with E-state index < -0.39 is 46.8 Å². The number of fused-ring (bicyclic) bond motifs is 1. The minimum Gasteiger partial charge on any atom is -0.469 e. The summed E-state index contributed by atoms with van der Waals surface area (Å²) in [5, 5.41) is 2.67. The Balaban J connectivity index is 1.80. The summed E-state index contributed by atoms with van der Waals surface area (Å²) in [5.41, 5.74) is -2.08. The third-order valence-corrected chi connectivity index (χ3v) is 5.70. The summed E-state index contributed by atoms with van der Waals surface area (Å²) in [6.07, 6.45) is -1.13. The standard InChI is InChI=1S/C23H28F3N3O5/c1-21(2,3)34-20(32)28-16-5-7-22(10-16,11-18(30)33-4)19(31)29-8-6-17-14(13-29)9-15(12-27-17)23(24,25)26/h5,7,9,12,16H,6,8,10-11,13H2,1-4H3,(H,28,32). The van der Waals surface area contributed by atoms with Crippen LogP contribution in [0.15, 0.2) is 24.4 Å². The van der Waals surface area contributed by atoms with Crippen LogP contribution in [-0.2, 0) is 38.2 Å². The van der Waals surface area contributed by atoms with Crippen molar-refractivity contribution in [3.63, 3.8) is 0 Å². The lowest BCUT2D eigenvalue weighted by atomic mass is 9.81. The summed E-state index contributed by atoms with van der Waals surface area (Å²) < 4.78 is 49.4. The molecule has 2 heterocycles. The highest BCUT2D eigenvalue weighted by Gasteiger charge is 2.47. The maximum absolute atomic E-state index is 13.6. The summed E-state index contributed by atoms with van der Waals surface area (Å²) in [6.45, 7) is 5.33.